The zero-order valence-corrected chi connectivity index (χ0v) is 25.3. The average molecular weight is 596 g/mol. The van der Waals surface area contributed by atoms with Crippen molar-refractivity contribution in [2.24, 2.45) is 5.73 Å². The minimum Gasteiger partial charge on any atom is -0.493 e. The van der Waals surface area contributed by atoms with Gasteiger partial charge in [0.1, 0.15) is 10.9 Å². The molecule has 1 aromatic heterocycles. The standard InChI is InChI=1S/C30H37N5O6S/c1-16-11-12-20(13-17(16)2)35(30(38)27-23(31)24(28(32)36)34-42-27)25(29(37)33-19-9-7-6-8-10-19)18-14-21(39-3)26(41-5)22(15-18)40-4/h11-15,19,25H,6-10,31H2,1-5H3,(H2,32,36)(H,33,37)/t25-/m0/s1. The third-order valence-electron chi connectivity index (χ3n) is 7.60. The Hall–Kier alpha value is -4.32. The molecule has 11 nitrogen and oxygen atoms in total. The lowest BCUT2D eigenvalue weighted by Crippen LogP contribution is -2.47. The summed E-state index contributed by atoms with van der Waals surface area (Å²) in [5.74, 6) is -0.862. The van der Waals surface area contributed by atoms with Crippen molar-refractivity contribution in [2.75, 3.05) is 32.0 Å². The zero-order valence-electron chi connectivity index (χ0n) is 24.5. The number of nitrogens with two attached hydrogens (primary N) is 2. The number of anilines is 2. The fourth-order valence-electron chi connectivity index (χ4n) is 5.20. The van der Waals surface area contributed by atoms with Gasteiger partial charge in [0.25, 0.3) is 11.8 Å². The number of amides is 3. The molecule has 1 saturated carbocycles. The molecule has 1 aliphatic rings. The van der Waals surface area contributed by atoms with Crippen LogP contribution in [0.4, 0.5) is 11.4 Å². The predicted octanol–water partition coefficient (Wildman–Crippen LogP) is 4.30. The van der Waals surface area contributed by atoms with Gasteiger partial charge in [-0.1, -0.05) is 25.3 Å². The summed E-state index contributed by atoms with van der Waals surface area (Å²) >= 11 is 0.756. The van der Waals surface area contributed by atoms with E-state index < -0.39 is 17.9 Å². The monoisotopic (exact) mass is 595 g/mol. The molecular weight excluding hydrogens is 558 g/mol. The number of nitrogen functional groups attached to an aromatic ring is 1. The summed E-state index contributed by atoms with van der Waals surface area (Å²) in [6, 6.07) is 7.55. The molecule has 0 unspecified atom stereocenters. The van der Waals surface area contributed by atoms with Crippen LogP contribution in [0.1, 0.15) is 75.0 Å². The number of ether oxygens (including phenoxy) is 3. The molecule has 1 fully saturated rings. The maximum Gasteiger partial charge on any atom is 0.273 e. The second-order valence-electron chi connectivity index (χ2n) is 10.3. The summed E-state index contributed by atoms with van der Waals surface area (Å²) in [5, 5.41) is 3.18. The number of primary amides is 1. The van der Waals surface area contributed by atoms with Gasteiger partial charge >= 0.3 is 0 Å². The first-order valence-corrected chi connectivity index (χ1v) is 14.4. The van der Waals surface area contributed by atoms with Crippen LogP contribution in [-0.4, -0.2) is 49.5 Å². The van der Waals surface area contributed by atoms with Crippen molar-refractivity contribution in [3.05, 3.63) is 57.6 Å². The summed E-state index contributed by atoms with van der Waals surface area (Å²) in [4.78, 5) is 42.1. The Bertz CT molecular complexity index is 1460. The molecule has 12 heteroatoms. The smallest absolute Gasteiger partial charge is 0.273 e. The molecule has 1 heterocycles. The maximum atomic E-state index is 14.4. The van der Waals surface area contributed by atoms with Crippen LogP contribution < -0.4 is 35.9 Å². The normalized spacial score (nSPS) is 14.1. The second kappa shape index (κ2) is 13.1. The highest BCUT2D eigenvalue weighted by Crippen LogP contribution is 2.42. The molecule has 0 radical (unpaired) electrons. The van der Waals surface area contributed by atoms with E-state index in [2.05, 4.69) is 9.69 Å². The van der Waals surface area contributed by atoms with Gasteiger partial charge in [0.15, 0.2) is 17.2 Å². The highest BCUT2D eigenvalue weighted by atomic mass is 32.1. The number of nitrogens with one attached hydrogen (secondary N) is 1. The molecule has 4 rings (SSSR count). The van der Waals surface area contributed by atoms with E-state index >= 15 is 0 Å². The van der Waals surface area contributed by atoms with Gasteiger partial charge in [-0.05, 0) is 79.2 Å². The lowest BCUT2D eigenvalue weighted by molar-refractivity contribution is -0.123. The number of carbonyl (C=O) groups excluding carboxylic acids is 3. The van der Waals surface area contributed by atoms with Crippen LogP contribution in [0.5, 0.6) is 17.2 Å². The van der Waals surface area contributed by atoms with Gasteiger partial charge in [-0.3, -0.25) is 19.3 Å². The molecule has 42 heavy (non-hydrogen) atoms. The molecule has 3 amide bonds. The van der Waals surface area contributed by atoms with Gasteiger partial charge in [0.2, 0.25) is 11.7 Å². The van der Waals surface area contributed by atoms with Crippen LogP contribution in [0.25, 0.3) is 0 Å². The quantitative estimate of drug-likeness (QED) is 0.313. The lowest BCUT2D eigenvalue weighted by Gasteiger charge is -2.34. The number of aromatic nitrogens is 1. The Balaban J connectivity index is 1.96. The minimum absolute atomic E-state index is 0.00932. The predicted molar refractivity (Wildman–Crippen MR) is 162 cm³/mol. The molecule has 0 saturated heterocycles. The summed E-state index contributed by atoms with van der Waals surface area (Å²) in [6.45, 7) is 3.88. The van der Waals surface area contributed by atoms with Gasteiger partial charge in [0, 0.05) is 11.7 Å². The Labute approximate surface area is 249 Å². The van der Waals surface area contributed by atoms with Crippen molar-refractivity contribution in [1.29, 1.82) is 0 Å². The first-order valence-electron chi connectivity index (χ1n) is 13.7. The summed E-state index contributed by atoms with van der Waals surface area (Å²) in [7, 11) is 4.45. The molecule has 224 valence electrons. The van der Waals surface area contributed by atoms with Crippen molar-refractivity contribution in [1.82, 2.24) is 9.69 Å². The number of rotatable bonds is 10. The highest BCUT2D eigenvalue weighted by molar-refractivity contribution is 7.09. The van der Waals surface area contributed by atoms with Crippen molar-refractivity contribution in [2.45, 2.75) is 58.0 Å². The molecule has 2 aromatic carbocycles. The van der Waals surface area contributed by atoms with E-state index in [1.54, 1.807) is 18.2 Å². The third-order valence-corrected chi connectivity index (χ3v) is 8.45. The first-order chi connectivity index (χ1) is 20.1. The molecule has 0 bridgehead atoms. The van der Waals surface area contributed by atoms with E-state index in [9.17, 15) is 14.4 Å². The van der Waals surface area contributed by atoms with Crippen LogP contribution >= 0.6 is 11.5 Å². The Morgan fingerprint density at radius 3 is 2.14 bits per heavy atom. The number of benzene rings is 2. The number of methoxy groups -OCH3 is 3. The fraction of sp³-hybridized carbons (Fsp3) is 0.400. The Kier molecular flexibility index (Phi) is 9.56. The molecular formula is C30H37N5O6S. The van der Waals surface area contributed by atoms with E-state index in [-0.39, 0.29) is 28.2 Å². The molecule has 3 aromatic rings. The average Bonchev–Trinajstić information content (AvgIpc) is 3.38. The van der Waals surface area contributed by atoms with Crippen LogP contribution in [0.15, 0.2) is 30.3 Å². The van der Waals surface area contributed by atoms with Gasteiger partial charge in [-0.2, -0.15) is 4.37 Å². The number of carbonyl (C=O) groups is 3. The largest absolute Gasteiger partial charge is 0.493 e. The van der Waals surface area contributed by atoms with Crippen molar-refractivity contribution in [3.63, 3.8) is 0 Å². The van der Waals surface area contributed by atoms with Crippen molar-refractivity contribution >= 4 is 40.6 Å². The topological polar surface area (TPSA) is 159 Å². The number of aryl methyl sites for hydroxylation is 2. The maximum absolute atomic E-state index is 14.4. The van der Waals surface area contributed by atoms with Gasteiger partial charge < -0.3 is 31.0 Å². The van der Waals surface area contributed by atoms with Gasteiger partial charge in [-0.25, -0.2) is 0 Å². The van der Waals surface area contributed by atoms with Gasteiger partial charge in [0.05, 0.1) is 27.0 Å². The SMILES string of the molecule is COc1cc([C@@H](C(=O)NC2CCCCC2)N(C(=O)c2snc(C(N)=O)c2N)c2ccc(C)c(C)c2)cc(OC)c1OC. The third kappa shape index (κ3) is 6.13. The lowest BCUT2D eigenvalue weighted by atomic mass is 9.94. The first kappa shape index (κ1) is 30.6. The van der Waals surface area contributed by atoms with Crippen LogP contribution in [0.3, 0.4) is 0 Å². The van der Waals surface area contributed by atoms with Gasteiger partial charge in [-0.15, -0.1) is 0 Å². The number of hydrogen-bond donors (Lipinski definition) is 3. The molecule has 1 aliphatic carbocycles. The Morgan fingerprint density at radius 2 is 1.62 bits per heavy atom. The number of hydrogen-bond acceptors (Lipinski definition) is 9. The van der Waals surface area contributed by atoms with Crippen molar-refractivity contribution < 1.29 is 28.6 Å². The van der Waals surface area contributed by atoms with Crippen LogP contribution in [0, 0.1) is 13.8 Å². The van der Waals surface area contributed by atoms with Crippen LogP contribution in [-0.2, 0) is 4.79 Å². The Morgan fingerprint density at radius 1 is 0.976 bits per heavy atom. The minimum atomic E-state index is -1.19. The molecule has 5 N–H and O–H groups in total. The summed E-state index contributed by atoms with van der Waals surface area (Å²) in [6.07, 6.45) is 4.81. The van der Waals surface area contributed by atoms with E-state index in [1.807, 2.05) is 26.0 Å². The van der Waals surface area contributed by atoms with Crippen molar-refractivity contribution in [3.8, 4) is 17.2 Å². The zero-order chi connectivity index (χ0) is 30.6. The molecule has 0 aliphatic heterocycles. The highest BCUT2D eigenvalue weighted by Gasteiger charge is 2.38. The second-order valence-corrected chi connectivity index (χ2v) is 11.1. The van der Waals surface area contributed by atoms with Crippen LogP contribution in [0.2, 0.25) is 0 Å². The van der Waals surface area contributed by atoms with E-state index in [1.165, 1.54) is 26.2 Å². The molecule has 1 atom stereocenters. The number of nitrogens with zero attached hydrogens (tertiary/aromatic N) is 2. The summed E-state index contributed by atoms with van der Waals surface area (Å²) < 4.78 is 20.7. The van der Waals surface area contributed by atoms with E-state index in [4.69, 9.17) is 25.7 Å². The molecule has 0 spiro atoms. The van der Waals surface area contributed by atoms with E-state index in [0.717, 1.165) is 54.8 Å². The fourth-order valence-corrected chi connectivity index (χ4v) is 5.94. The van der Waals surface area contributed by atoms with E-state index in [0.29, 0.717) is 28.5 Å². The summed E-state index contributed by atoms with van der Waals surface area (Å²) in [5.41, 5.74) is 14.1.